The number of ether oxygens (including phenoxy) is 1. The van der Waals surface area contributed by atoms with Crippen LogP contribution in [-0.2, 0) is 27.9 Å². The van der Waals surface area contributed by atoms with Crippen LogP contribution in [0.4, 0.5) is 0 Å². The molecule has 10 heteroatoms. The number of unbranched alkanes of at least 4 members (excludes halogenated alkanes) is 43. The van der Waals surface area contributed by atoms with Gasteiger partial charge in [0.05, 0.1) is 33.8 Å². The van der Waals surface area contributed by atoms with Crippen LogP contribution in [0.3, 0.4) is 0 Å². The number of hydrogen-bond donors (Lipinski definition) is 1. The van der Waals surface area contributed by atoms with Crippen molar-refractivity contribution in [2.45, 2.75) is 380 Å². The van der Waals surface area contributed by atoms with Crippen LogP contribution in [0.1, 0.15) is 367 Å². The highest BCUT2D eigenvalue weighted by Gasteiger charge is 2.27. The first-order chi connectivity index (χ1) is 44.4. The summed E-state index contributed by atoms with van der Waals surface area (Å²) < 4.78 is 30.6. The summed E-state index contributed by atoms with van der Waals surface area (Å²) in [5, 5.41) is 3.05. The van der Waals surface area contributed by atoms with E-state index in [2.05, 4.69) is 99.0 Å². The normalized spacial score (nSPS) is 13.9. The van der Waals surface area contributed by atoms with Gasteiger partial charge >= 0.3 is 5.97 Å². The van der Waals surface area contributed by atoms with Gasteiger partial charge in [0.25, 0.3) is 7.82 Å². The topological polar surface area (TPSA) is 114 Å². The lowest BCUT2D eigenvalue weighted by atomic mass is 10.0. The first-order valence-electron chi connectivity index (χ1n) is 38.9. The molecule has 3 unspecified atom stereocenters. The van der Waals surface area contributed by atoms with E-state index in [1.165, 1.54) is 231 Å². The van der Waals surface area contributed by atoms with Crippen molar-refractivity contribution in [1.82, 2.24) is 5.32 Å². The molecule has 91 heavy (non-hydrogen) atoms. The molecule has 0 aromatic carbocycles. The Balaban J connectivity index is 4.99. The van der Waals surface area contributed by atoms with E-state index in [-0.39, 0.29) is 31.5 Å². The predicted molar refractivity (Wildman–Crippen MR) is 395 cm³/mol. The molecule has 530 valence electrons. The molecule has 0 aliphatic rings. The lowest BCUT2D eigenvalue weighted by molar-refractivity contribution is -0.870. The van der Waals surface area contributed by atoms with Crippen molar-refractivity contribution in [1.29, 1.82) is 0 Å². The molecule has 0 aliphatic carbocycles. The average molecular weight is 1290 g/mol. The van der Waals surface area contributed by atoms with Gasteiger partial charge in [0, 0.05) is 12.8 Å². The number of carbonyl (C=O) groups excluding carboxylic acids is 2. The van der Waals surface area contributed by atoms with Crippen LogP contribution >= 0.6 is 7.82 Å². The third kappa shape index (κ3) is 71.3. The van der Waals surface area contributed by atoms with Crippen LogP contribution in [0.25, 0.3) is 0 Å². The molecule has 0 spiro atoms. The quantitative estimate of drug-likeness (QED) is 0.0212. The maximum Gasteiger partial charge on any atom is 0.306 e. The molecular formula is C81H149N2O7P. The molecule has 0 rings (SSSR count). The van der Waals surface area contributed by atoms with Crippen LogP contribution in [0.2, 0.25) is 0 Å². The number of nitrogens with zero attached hydrogens (tertiary/aromatic N) is 1. The highest BCUT2D eigenvalue weighted by molar-refractivity contribution is 7.45. The lowest BCUT2D eigenvalue weighted by Crippen LogP contribution is -2.47. The Labute approximate surface area is 565 Å². The zero-order valence-corrected chi connectivity index (χ0v) is 61.7. The fraction of sp³-hybridized carbons (Fsp3) is 0.802. The second kappa shape index (κ2) is 70.0. The summed E-state index contributed by atoms with van der Waals surface area (Å²) in [6, 6.07) is -0.894. The number of amides is 1. The number of nitrogens with one attached hydrogen (secondary N) is 1. The van der Waals surface area contributed by atoms with Gasteiger partial charge < -0.3 is 28.5 Å². The summed E-state index contributed by atoms with van der Waals surface area (Å²) in [4.78, 5) is 40.3. The number of quaternary nitrogens is 1. The standard InChI is InChI=1S/C81H149N2O7P/c1-7-10-13-16-19-22-25-28-30-32-34-36-38-40-41-43-44-46-48-50-52-55-58-61-64-67-70-73-80(84)82-78(77-89-91(86,87)88-76-75-83(4,5)6)79(72-69-66-63-60-57-54-27-24-21-18-15-12-9-3)90-81(85)74-71-68-65-62-59-56-53-51-49-47-45-42-39-37-35-33-31-29-26-23-20-17-14-11-8-2/h10,13,19,22,28-31,34,36,40-41,69,72,78-79H,7-9,11-12,14-18,20-21,23-27,32-33,35,37-39,42-68,70-71,73-77H2,1-6H3,(H-,82,84,86,87)/b13-10-,22-19-,30-28-,31-29+,36-34-,41-40-,72-69+. The van der Waals surface area contributed by atoms with E-state index in [4.69, 9.17) is 13.8 Å². The van der Waals surface area contributed by atoms with Crippen molar-refractivity contribution >= 4 is 19.7 Å². The molecule has 0 saturated heterocycles. The second-order valence-electron chi connectivity index (χ2n) is 27.5. The van der Waals surface area contributed by atoms with Gasteiger partial charge in [-0.15, -0.1) is 0 Å². The molecule has 1 amide bonds. The number of esters is 1. The van der Waals surface area contributed by atoms with Gasteiger partial charge in [0.2, 0.25) is 5.91 Å². The van der Waals surface area contributed by atoms with Gasteiger partial charge in [-0.25, -0.2) is 0 Å². The lowest BCUT2D eigenvalue weighted by Gasteiger charge is -2.30. The molecule has 0 heterocycles. The minimum Gasteiger partial charge on any atom is -0.756 e. The molecule has 0 fully saturated rings. The Morgan fingerprint density at radius 2 is 0.703 bits per heavy atom. The number of phosphoric ester groups is 1. The predicted octanol–water partition coefficient (Wildman–Crippen LogP) is 24.6. The van der Waals surface area contributed by atoms with E-state index in [0.29, 0.717) is 17.4 Å². The van der Waals surface area contributed by atoms with Gasteiger partial charge in [-0.3, -0.25) is 14.2 Å². The van der Waals surface area contributed by atoms with E-state index >= 15 is 0 Å². The number of likely N-dealkylation sites (N-methyl/N-ethyl adjacent to an activating group) is 1. The van der Waals surface area contributed by atoms with Crippen molar-refractivity contribution in [3.05, 3.63) is 85.1 Å². The van der Waals surface area contributed by atoms with Crippen molar-refractivity contribution in [3.8, 4) is 0 Å². The Morgan fingerprint density at radius 3 is 1.07 bits per heavy atom. The second-order valence-corrected chi connectivity index (χ2v) is 28.9. The van der Waals surface area contributed by atoms with Crippen LogP contribution in [0, 0.1) is 0 Å². The van der Waals surface area contributed by atoms with E-state index in [1.54, 1.807) is 0 Å². The molecule has 0 aromatic heterocycles. The van der Waals surface area contributed by atoms with Crippen LogP contribution < -0.4 is 10.2 Å². The molecule has 1 N–H and O–H groups in total. The smallest absolute Gasteiger partial charge is 0.306 e. The molecule has 3 atom stereocenters. The van der Waals surface area contributed by atoms with Crippen molar-refractivity contribution in [2.75, 3.05) is 40.9 Å². The minimum atomic E-state index is -4.71. The first-order valence-corrected chi connectivity index (χ1v) is 40.4. The monoisotopic (exact) mass is 1290 g/mol. The van der Waals surface area contributed by atoms with Crippen molar-refractivity contribution in [2.24, 2.45) is 0 Å². The summed E-state index contributed by atoms with van der Waals surface area (Å²) in [7, 11) is 1.19. The van der Waals surface area contributed by atoms with E-state index in [9.17, 15) is 19.0 Å². The fourth-order valence-corrected chi connectivity index (χ4v) is 12.1. The Bertz CT molecular complexity index is 1830. The fourth-order valence-electron chi connectivity index (χ4n) is 11.4. The van der Waals surface area contributed by atoms with Crippen LogP contribution in [0.15, 0.2) is 85.1 Å². The van der Waals surface area contributed by atoms with E-state index in [1.807, 2.05) is 33.3 Å². The zero-order chi connectivity index (χ0) is 66.3. The summed E-state index contributed by atoms with van der Waals surface area (Å²) in [5.74, 6) is -0.531. The Morgan fingerprint density at radius 1 is 0.396 bits per heavy atom. The van der Waals surface area contributed by atoms with Crippen LogP contribution in [0.5, 0.6) is 0 Å². The maximum absolute atomic E-state index is 13.7. The maximum atomic E-state index is 13.7. The van der Waals surface area contributed by atoms with Gasteiger partial charge in [-0.1, -0.05) is 337 Å². The van der Waals surface area contributed by atoms with Crippen LogP contribution in [-0.4, -0.2) is 69.4 Å². The first kappa shape index (κ1) is 88.2. The number of hydrogen-bond acceptors (Lipinski definition) is 7. The summed E-state index contributed by atoms with van der Waals surface area (Å²) in [5.41, 5.74) is 0. The number of allylic oxidation sites excluding steroid dienone is 13. The molecule has 0 saturated carbocycles. The van der Waals surface area contributed by atoms with Crippen molar-refractivity contribution in [3.63, 3.8) is 0 Å². The van der Waals surface area contributed by atoms with Gasteiger partial charge in [0.1, 0.15) is 19.3 Å². The zero-order valence-electron chi connectivity index (χ0n) is 60.8. The molecule has 0 radical (unpaired) electrons. The van der Waals surface area contributed by atoms with Gasteiger partial charge in [0.15, 0.2) is 0 Å². The van der Waals surface area contributed by atoms with E-state index < -0.39 is 20.0 Å². The number of phosphoric acid groups is 1. The largest absolute Gasteiger partial charge is 0.756 e. The third-order valence-corrected chi connectivity index (χ3v) is 18.3. The average Bonchev–Trinajstić information content (AvgIpc) is 3.45. The number of rotatable bonds is 71. The molecular weight excluding hydrogens is 1140 g/mol. The molecule has 0 aliphatic heterocycles. The highest BCUT2D eigenvalue weighted by atomic mass is 31.2. The van der Waals surface area contributed by atoms with Gasteiger partial charge in [-0.2, -0.15) is 0 Å². The Kier molecular flexibility index (Phi) is 67.8. The summed E-state index contributed by atoms with van der Waals surface area (Å²) >= 11 is 0. The molecule has 9 nitrogen and oxygen atoms in total. The summed E-state index contributed by atoms with van der Waals surface area (Å²) in [6.07, 6.45) is 94.3. The van der Waals surface area contributed by atoms with E-state index in [0.717, 1.165) is 103 Å². The summed E-state index contributed by atoms with van der Waals surface area (Å²) in [6.45, 7) is 6.77. The third-order valence-electron chi connectivity index (χ3n) is 17.3. The highest BCUT2D eigenvalue weighted by Crippen LogP contribution is 2.38. The molecule has 0 bridgehead atoms. The minimum absolute atomic E-state index is 0.0240. The Hall–Kier alpha value is -2.81. The van der Waals surface area contributed by atoms with Crippen molar-refractivity contribution < 1.29 is 37.3 Å². The van der Waals surface area contributed by atoms with Gasteiger partial charge in [-0.05, 0) is 102 Å². The molecule has 0 aromatic rings. The SMILES string of the molecule is CC/C=C\C/C=C\C/C=C\C/C=C\C/C=C\CCCCCCCCCCCCCC(=O)NC(COP(=O)([O-])OCC[N+](C)(C)C)C(/C=C/CCCCCCCCCCCCC)OC(=O)CCCCCCCCCCCCCCCCC/C=C/CCCCCCCC. The number of carbonyl (C=O) groups is 2.